The van der Waals surface area contributed by atoms with Gasteiger partial charge in [-0.05, 0) is 18.2 Å². The topological polar surface area (TPSA) is 132 Å². The molecule has 0 amide bonds. The van der Waals surface area contributed by atoms with E-state index in [-0.39, 0.29) is 9.32 Å². The Hall–Kier alpha value is -0.0600. The number of halogens is 2. The Morgan fingerprint density at radius 1 is 1.19 bits per heavy atom. The van der Waals surface area contributed by atoms with Crippen molar-refractivity contribution in [1.82, 2.24) is 0 Å². The van der Waals surface area contributed by atoms with Crippen molar-refractivity contribution in [2.75, 3.05) is 0 Å². The number of benzene rings is 1. The van der Waals surface area contributed by atoms with Crippen LogP contribution in [0.5, 0.6) is 5.75 Å². The monoisotopic (exact) mass is 428 g/mol. The Balaban J connectivity index is 0.000000385. The van der Waals surface area contributed by atoms with Crippen molar-refractivity contribution < 1.29 is 30.5 Å². The summed E-state index contributed by atoms with van der Waals surface area (Å²) in [5.41, 5.74) is 0. The van der Waals surface area contributed by atoms with Gasteiger partial charge in [0.15, 0.2) is 0 Å². The van der Waals surface area contributed by atoms with Crippen LogP contribution >= 0.6 is 43.5 Å². The second kappa shape index (κ2) is 6.62. The number of phenols is 1. The average molecular weight is 429 g/mol. The van der Waals surface area contributed by atoms with Gasteiger partial charge in [0.25, 0.3) is 0 Å². The molecule has 7 nitrogen and oxygen atoms in total. The van der Waals surface area contributed by atoms with Crippen LogP contribution in [0.4, 0.5) is 0 Å². The summed E-state index contributed by atoms with van der Waals surface area (Å²) < 4.78 is 30.6. The van der Waals surface area contributed by atoms with E-state index < -0.39 is 27.6 Å². The molecular weight excluding hydrogens is 422 g/mol. The zero-order valence-corrected chi connectivity index (χ0v) is 12.1. The summed E-state index contributed by atoms with van der Waals surface area (Å²) in [6.07, 6.45) is 0. The van der Waals surface area contributed by atoms with E-state index in [4.69, 9.17) is 24.4 Å². The first-order valence-corrected chi connectivity index (χ1v) is 8.63. The highest BCUT2D eigenvalue weighted by atomic mass is 127. The van der Waals surface area contributed by atoms with Gasteiger partial charge in [0.2, 0.25) is 0 Å². The van der Waals surface area contributed by atoms with Gasteiger partial charge in [-0.1, -0.05) is 15.9 Å². The van der Waals surface area contributed by atoms with Crippen LogP contribution in [0.3, 0.4) is 0 Å². The summed E-state index contributed by atoms with van der Waals surface area (Å²) in [5.74, 6) is -0.186. The SMILES string of the molecule is O=I(=O)c1ccc(Br)cc1O.O=P(O)(O)O. The van der Waals surface area contributed by atoms with E-state index in [0.717, 1.165) is 0 Å². The molecule has 0 atom stereocenters. The molecule has 1 rings (SSSR count). The van der Waals surface area contributed by atoms with Crippen LogP contribution in [0.15, 0.2) is 22.7 Å². The van der Waals surface area contributed by atoms with E-state index in [2.05, 4.69) is 15.9 Å². The molecule has 1 aromatic rings. The lowest BCUT2D eigenvalue weighted by atomic mass is 10.3. The molecule has 0 aromatic heterocycles. The lowest BCUT2D eigenvalue weighted by Crippen LogP contribution is -1.73. The summed E-state index contributed by atoms with van der Waals surface area (Å²) in [5, 5.41) is 9.07. The van der Waals surface area contributed by atoms with Crippen LogP contribution in [-0.4, -0.2) is 19.8 Å². The summed E-state index contributed by atoms with van der Waals surface area (Å²) in [7, 11) is -4.64. The Bertz CT molecular complexity index is 464. The van der Waals surface area contributed by atoms with Gasteiger partial charge in [0, 0.05) is 4.47 Å². The summed E-state index contributed by atoms with van der Waals surface area (Å²) in [6.45, 7) is 0. The van der Waals surface area contributed by atoms with Gasteiger partial charge < -0.3 is 19.8 Å². The first-order chi connectivity index (χ1) is 7.11. The first kappa shape index (κ1) is 15.9. The molecule has 0 unspecified atom stereocenters. The van der Waals surface area contributed by atoms with Gasteiger partial charge in [-0.3, -0.25) is 0 Å². The molecule has 0 radical (unpaired) electrons. The fourth-order valence-corrected chi connectivity index (χ4v) is 2.05. The highest BCUT2D eigenvalue weighted by molar-refractivity contribution is 14.2. The number of rotatable bonds is 1. The third-order valence-electron chi connectivity index (χ3n) is 1.07. The number of aromatic hydroxyl groups is 1. The highest BCUT2D eigenvalue weighted by Crippen LogP contribution is 2.29. The van der Waals surface area contributed by atoms with E-state index in [1.807, 2.05) is 0 Å². The van der Waals surface area contributed by atoms with Crippen LogP contribution in [0.2, 0.25) is 0 Å². The van der Waals surface area contributed by atoms with Crippen molar-refractivity contribution in [3.05, 3.63) is 26.2 Å². The number of phenolic OH excluding ortho intramolecular Hbond substituents is 1. The molecule has 0 fully saturated rings. The molecule has 1 aromatic carbocycles. The van der Waals surface area contributed by atoms with Gasteiger partial charge in [0.1, 0.15) is 9.32 Å². The third kappa shape index (κ3) is 8.13. The molecule has 0 aliphatic heterocycles. The molecule has 92 valence electrons. The van der Waals surface area contributed by atoms with Crippen LogP contribution in [0.1, 0.15) is 0 Å². The summed E-state index contributed by atoms with van der Waals surface area (Å²) in [6, 6.07) is 4.31. The minimum atomic E-state index is -4.64. The molecule has 10 heteroatoms. The minimum absolute atomic E-state index is 0.0393. The van der Waals surface area contributed by atoms with E-state index in [9.17, 15) is 6.14 Å². The highest BCUT2D eigenvalue weighted by Gasteiger charge is 2.05. The predicted octanol–water partition coefficient (Wildman–Crippen LogP) is 1.59. The molecule has 0 heterocycles. The standard InChI is InChI=1S/C6H4BrIO3.H3O4P/c7-4-1-2-5(8(10)11)6(9)3-4;1-5(2,3)4/h1-3,9H;(H3,1,2,3,4). The van der Waals surface area contributed by atoms with Crippen LogP contribution in [-0.2, 0) is 10.7 Å². The van der Waals surface area contributed by atoms with Crippen molar-refractivity contribution in [2.24, 2.45) is 0 Å². The maximum absolute atomic E-state index is 10.5. The fourth-order valence-electron chi connectivity index (χ4n) is 0.616. The molecule has 16 heavy (non-hydrogen) atoms. The Morgan fingerprint density at radius 2 is 1.62 bits per heavy atom. The molecule has 0 aliphatic carbocycles. The lowest BCUT2D eigenvalue weighted by molar-refractivity contribution is 0.275. The molecule has 0 spiro atoms. The van der Waals surface area contributed by atoms with Gasteiger partial charge in [0.05, 0.1) is 0 Å². The molecule has 4 N–H and O–H groups in total. The van der Waals surface area contributed by atoms with Gasteiger partial charge in [-0.2, -0.15) is 0 Å². The van der Waals surface area contributed by atoms with Crippen molar-refractivity contribution in [1.29, 1.82) is 0 Å². The van der Waals surface area contributed by atoms with Crippen LogP contribution in [0.25, 0.3) is 0 Å². The van der Waals surface area contributed by atoms with Crippen LogP contribution in [0, 0.1) is 3.57 Å². The zero-order valence-electron chi connectivity index (χ0n) is 7.45. The van der Waals surface area contributed by atoms with Crippen molar-refractivity contribution in [3.63, 3.8) is 0 Å². The lowest BCUT2D eigenvalue weighted by Gasteiger charge is -1.94. The minimum Gasteiger partial charge on any atom is -0.507 e. The number of hydrogen-bond acceptors (Lipinski definition) is 4. The fraction of sp³-hybridized carbons (Fsp3) is 0. The number of hydrogen-bond donors (Lipinski definition) is 4. The van der Waals surface area contributed by atoms with E-state index in [1.54, 1.807) is 6.07 Å². The molecule has 0 saturated heterocycles. The molecule has 0 aliphatic rings. The van der Waals surface area contributed by atoms with Gasteiger partial charge in [-0.25, -0.2) is 10.7 Å². The maximum atomic E-state index is 10.5. The zero-order chi connectivity index (χ0) is 12.9. The molecule has 0 saturated carbocycles. The largest absolute Gasteiger partial charge is 0.507 e. The summed E-state index contributed by atoms with van der Waals surface area (Å²) in [4.78, 5) is 21.6. The Labute approximate surface area is 106 Å². The van der Waals surface area contributed by atoms with Gasteiger partial charge >= 0.3 is 27.6 Å². The van der Waals surface area contributed by atoms with Crippen LogP contribution < -0.4 is 0 Å². The number of phosphoric acid groups is 1. The second-order valence-electron chi connectivity index (χ2n) is 2.33. The van der Waals surface area contributed by atoms with Crippen molar-refractivity contribution in [2.45, 2.75) is 0 Å². The third-order valence-corrected chi connectivity index (χ3v) is 3.43. The maximum Gasteiger partial charge on any atom is 0.466 e. The first-order valence-electron chi connectivity index (χ1n) is 3.43. The summed E-state index contributed by atoms with van der Waals surface area (Å²) >= 11 is -0.419. The Kier molecular flexibility index (Phi) is 6.60. The molecular formula is C6H7BrIO7P. The predicted molar refractivity (Wildman–Crippen MR) is 64.2 cm³/mol. The van der Waals surface area contributed by atoms with Gasteiger partial charge in [-0.15, -0.1) is 0 Å². The van der Waals surface area contributed by atoms with Crippen molar-refractivity contribution in [3.8, 4) is 5.75 Å². The second-order valence-corrected chi connectivity index (χ2v) is 6.67. The Morgan fingerprint density at radius 3 is 1.94 bits per heavy atom. The van der Waals surface area contributed by atoms with E-state index in [1.165, 1.54) is 12.1 Å². The van der Waals surface area contributed by atoms with E-state index in [0.29, 0.717) is 4.47 Å². The van der Waals surface area contributed by atoms with E-state index >= 15 is 0 Å². The smallest absolute Gasteiger partial charge is 0.466 e. The quantitative estimate of drug-likeness (QED) is 0.394. The van der Waals surface area contributed by atoms with Crippen molar-refractivity contribution >= 4 is 43.5 Å². The molecule has 0 bridgehead atoms. The normalized spacial score (nSPS) is 10.8. The average Bonchev–Trinajstić information content (AvgIpc) is 1.99.